The number of benzene rings is 2. The van der Waals surface area contributed by atoms with E-state index in [4.69, 9.17) is 4.74 Å². The maximum Gasteiger partial charge on any atom is 0.408 e. The Morgan fingerprint density at radius 1 is 1.06 bits per heavy atom. The monoisotopic (exact) mass is 444 g/mol. The quantitative estimate of drug-likeness (QED) is 0.701. The molecule has 0 aliphatic carbocycles. The van der Waals surface area contributed by atoms with E-state index in [0.717, 1.165) is 16.7 Å². The van der Waals surface area contributed by atoms with Crippen LogP contribution in [0.2, 0.25) is 0 Å². The first kappa shape index (κ1) is 23.7. The number of nitrogens with one attached hydrogen (secondary N) is 1. The number of hydrogen-bond acceptors (Lipinski definition) is 3. The highest BCUT2D eigenvalue weighted by Crippen LogP contribution is 2.27. The minimum Gasteiger partial charge on any atom is -0.444 e. The van der Waals surface area contributed by atoms with Gasteiger partial charge in [-0.3, -0.25) is 4.79 Å². The molecular formula is C25H30F2N2O3. The van der Waals surface area contributed by atoms with Gasteiger partial charge in [-0.1, -0.05) is 43.3 Å². The summed E-state index contributed by atoms with van der Waals surface area (Å²) in [5, 5.41) is 2.70. The summed E-state index contributed by atoms with van der Waals surface area (Å²) >= 11 is 0. The van der Waals surface area contributed by atoms with Crippen molar-refractivity contribution in [3.05, 3.63) is 59.9 Å². The first-order valence-electron chi connectivity index (χ1n) is 10.8. The van der Waals surface area contributed by atoms with E-state index in [0.29, 0.717) is 13.0 Å². The van der Waals surface area contributed by atoms with Gasteiger partial charge < -0.3 is 15.0 Å². The zero-order valence-electron chi connectivity index (χ0n) is 18.9. The van der Waals surface area contributed by atoms with Crippen LogP contribution in [-0.2, 0) is 9.53 Å². The molecule has 1 fully saturated rings. The third kappa shape index (κ3) is 6.05. The van der Waals surface area contributed by atoms with Crippen LogP contribution in [0.15, 0.2) is 48.5 Å². The van der Waals surface area contributed by atoms with Crippen molar-refractivity contribution < 1.29 is 23.1 Å². The summed E-state index contributed by atoms with van der Waals surface area (Å²) in [7, 11) is 0. The fraction of sp³-hybridized carbons (Fsp3) is 0.440. The molecule has 3 atom stereocenters. The molecule has 5 nitrogen and oxygen atoms in total. The number of amides is 2. The Balaban J connectivity index is 1.81. The first-order chi connectivity index (χ1) is 15.0. The van der Waals surface area contributed by atoms with Crippen molar-refractivity contribution in [2.24, 2.45) is 0 Å². The topological polar surface area (TPSA) is 58.6 Å². The largest absolute Gasteiger partial charge is 0.444 e. The van der Waals surface area contributed by atoms with E-state index in [-0.39, 0.29) is 24.2 Å². The van der Waals surface area contributed by atoms with Gasteiger partial charge in [-0.2, -0.15) is 0 Å². The Morgan fingerprint density at radius 2 is 1.62 bits per heavy atom. The van der Waals surface area contributed by atoms with Gasteiger partial charge in [-0.15, -0.1) is 0 Å². The van der Waals surface area contributed by atoms with E-state index in [2.05, 4.69) is 5.32 Å². The SMILES string of the molecule is C[C@@H](c1ccc(-c2ccc(F)cc2)cc1)[C@H](NC(=O)OC(C)(C)C)C(=O)N1CC[C@H](F)C1. The van der Waals surface area contributed by atoms with Crippen LogP contribution >= 0.6 is 0 Å². The van der Waals surface area contributed by atoms with E-state index < -0.39 is 23.9 Å². The number of ether oxygens (including phenoxy) is 1. The molecule has 2 aromatic carbocycles. The van der Waals surface area contributed by atoms with Crippen LogP contribution in [0.25, 0.3) is 11.1 Å². The van der Waals surface area contributed by atoms with Crippen LogP contribution in [0.5, 0.6) is 0 Å². The highest BCUT2D eigenvalue weighted by Gasteiger charge is 2.36. The molecule has 0 spiro atoms. The molecule has 7 heteroatoms. The third-order valence-electron chi connectivity index (χ3n) is 5.49. The number of carbonyl (C=O) groups is 2. The van der Waals surface area contributed by atoms with Crippen molar-refractivity contribution in [1.82, 2.24) is 10.2 Å². The van der Waals surface area contributed by atoms with Crippen molar-refractivity contribution in [2.75, 3.05) is 13.1 Å². The predicted octanol–water partition coefficient (Wildman–Crippen LogP) is 5.06. The van der Waals surface area contributed by atoms with Gasteiger partial charge in [-0.25, -0.2) is 13.6 Å². The molecule has 2 amide bonds. The van der Waals surface area contributed by atoms with Gasteiger partial charge in [0, 0.05) is 12.5 Å². The number of alkyl carbamates (subject to hydrolysis) is 1. The van der Waals surface area contributed by atoms with Crippen LogP contribution in [0.1, 0.15) is 45.6 Å². The van der Waals surface area contributed by atoms with Crippen molar-refractivity contribution >= 4 is 12.0 Å². The van der Waals surface area contributed by atoms with E-state index in [1.54, 1.807) is 32.9 Å². The predicted molar refractivity (Wildman–Crippen MR) is 120 cm³/mol. The standard InChI is InChI=1S/C25H30F2N2O3/c1-16(17-5-7-18(8-6-17)19-9-11-20(26)12-10-19)22(28-24(31)32-25(2,3)4)23(30)29-14-13-21(27)15-29/h5-12,16,21-22H,13-15H2,1-4H3,(H,28,31)/t16-,21-,22-/m0/s1. The second-order valence-corrected chi connectivity index (χ2v) is 9.21. The van der Waals surface area contributed by atoms with E-state index in [1.165, 1.54) is 17.0 Å². The average molecular weight is 445 g/mol. The van der Waals surface area contributed by atoms with Crippen molar-refractivity contribution in [2.45, 2.75) is 57.8 Å². The Morgan fingerprint density at radius 3 is 2.12 bits per heavy atom. The highest BCUT2D eigenvalue weighted by atomic mass is 19.1. The molecule has 0 unspecified atom stereocenters. The molecule has 1 saturated heterocycles. The third-order valence-corrected chi connectivity index (χ3v) is 5.49. The number of alkyl halides is 1. The van der Waals surface area contributed by atoms with E-state index >= 15 is 0 Å². The summed E-state index contributed by atoms with van der Waals surface area (Å²) < 4.78 is 32.2. The minimum absolute atomic E-state index is 0.0293. The van der Waals surface area contributed by atoms with Gasteiger partial charge in [0.1, 0.15) is 23.6 Å². The summed E-state index contributed by atoms with van der Waals surface area (Å²) in [6, 6.07) is 12.8. The maximum atomic E-state index is 13.7. The van der Waals surface area contributed by atoms with Crippen LogP contribution < -0.4 is 5.32 Å². The Labute approximate surface area is 187 Å². The number of likely N-dealkylation sites (tertiary alicyclic amines) is 1. The fourth-order valence-corrected chi connectivity index (χ4v) is 3.76. The van der Waals surface area contributed by atoms with Crippen molar-refractivity contribution in [1.29, 1.82) is 0 Å². The Bertz CT molecular complexity index is 939. The number of nitrogens with zero attached hydrogens (tertiary/aromatic N) is 1. The normalized spacial score (nSPS) is 18.2. The number of hydrogen-bond donors (Lipinski definition) is 1. The summed E-state index contributed by atoms with van der Waals surface area (Å²) in [5.41, 5.74) is 1.90. The lowest BCUT2D eigenvalue weighted by Crippen LogP contribution is -2.51. The van der Waals surface area contributed by atoms with Crippen LogP contribution in [-0.4, -0.2) is 47.8 Å². The average Bonchev–Trinajstić information content (AvgIpc) is 3.17. The maximum absolute atomic E-state index is 13.7. The number of halogens is 2. The molecule has 0 aromatic heterocycles. The molecular weight excluding hydrogens is 414 g/mol. The molecule has 0 saturated carbocycles. The van der Waals surface area contributed by atoms with Gasteiger partial charge in [0.25, 0.3) is 0 Å². The summed E-state index contributed by atoms with van der Waals surface area (Å²) in [4.78, 5) is 27.1. The molecule has 3 rings (SSSR count). The number of carbonyl (C=O) groups excluding carboxylic acids is 2. The van der Waals surface area contributed by atoms with Crippen molar-refractivity contribution in [3.8, 4) is 11.1 Å². The number of rotatable bonds is 5. The summed E-state index contributed by atoms with van der Waals surface area (Å²) in [5.74, 6) is -1.01. The molecule has 1 N–H and O–H groups in total. The Hall–Kier alpha value is -2.96. The summed E-state index contributed by atoms with van der Waals surface area (Å²) in [6.07, 6.45) is -1.45. The molecule has 2 aromatic rings. The molecule has 32 heavy (non-hydrogen) atoms. The van der Waals surface area contributed by atoms with Gasteiger partial charge >= 0.3 is 6.09 Å². The molecule has 0 bridgehead atoms. The van der Waals surface area contributed by atoms with Crippen LogP contribution in [0.3, 0.4) is 0 Å². The smallest absolute Gasteiger partial charge is 0.408 e. The van der Waals surface area contributed by atoms with Crippen LogP contribution in [0.4, 0.5) is 13.6 Å². The Kier molecular flexibility index (Phi) is 7.16. The minimum atomic E-state index is -1.05. The van der Waals surface area contributed by atoms with Gasteiger partial charge in [-0.05, 0) is 56.0 Å². The first-order valence-corrected chi connectivity index (χ1v) is 10.8. The molecule has 1 heterocycles. The zero-order valence-corrected chi connectivity index (χ0v) is 18.9. The fourth-order valence-electron chi connectivity index (χ4n) is 3.76. The van der Waals surface area contributed by atoms with E-state index in [9.17, 15) is 18.4 Å². The summed E-state index contributed by atoms with van der Waals surface area (Å²) in [6.45, 7) is 7.43. The lowest BCUT2D eigenvalue weighted by atomic mass is 9.91. The molecule has 172 valence electrons. The molecule has 0 radical (unpaired) electrons. The van der Waals surface area contributed by atoms with E-state index in [1.807, 2.05) is 31.2 Å². The molecule has 1 aliphatic rings. The van der Waals surface area contributed by atoms with Gasteiger partial charge in [0.05, 0.1) is 6.54 Å². The van der Waals surface area contributed by atoms with Gasteiger partial charge in [0.15, 0.2) is 0 Å². The van der Waals surface area contributed by atoms with Crippen molar-refractivity contribution in [3.63, 3.8) is 0 Å². The van der Waals surface area contributed by atoms with Gasteiger partial charge in [0.2, 0.25) is 5.91 Å². The highest BCUT2D eigenvalue weighted by molar-refractivity contribution is 5.87. The van der Waals surface area contributed by atoms with Crippen LogP contribution in [0, 0.1) is 5.82 Å². The second-order valence-electron chi connectivity index (χ2n) is 9.21. The lowest BCUT2D eigenvalue weighted by molar-refractivity contribution is -0.133. The second kappa shape index (κ2) is 9.67. The zero-order chi connectivity index (χ0) is 23.5. The lowest BCUT2D eigenvalue weighted by Gasteiger charge is -2.30. The molecule has 1 aliphatic heterocycles.